The van der Waals surface area contributed by atoms with Crippen LogP contribution < -0.4 is 0 Å². The first-order valence-corrected chi connectivity index (χ1v) is 10.5. The molecule has 29 heavy (non-hydrogen) atoms. The minimum Gasteiger partial charge on any atom is -0.508 e. The Kier molecular flexibility index (Phi) is 6.82. The molecule has 3 aromatic carbocycles. The van der Waals surface area contributed by atoms with Gasteiger partial charge in [0.25, 0.3) is 0 Å². The smallest absolute Gasteiger partial charge is 0.131 e. The number of aromatic hydroxyl groups is 3. The molecule has 2 aliphatic rings. The van der Waals surface area contributed by atoms with E-state index in [1.54, 1.807) is 67.8 Å². The minimum absolute atomic E-state index is 0.175. The summed E-state index contributed by atoms with van der Waals surface area (Å²) in [5, 5.41) is 29.2. The highest BCUT2D eigenvalue weighted by molar-refractivity contribution is 5.82. The van der Waals surface area contributed by atoms with E-state index in [1.165, 1.54) is 18.3 Å². The van der Waals surface area contributed by atoms with Crippen molar-refractivity contribution in [3.05, 3.63) is 66.7 Å². The number of benzene rings is 3. The summed E-state index contributed by atoms with van der Waals surface area (Å²) < 4.78 is 0. The Morgan fingerprint density at radius 2 is 1.03 bits per heavy atom. The van der Waals surface area contributed by atoms with E-state index in [-0.39, 0.29) is 17.2 Å². The van der Waals surface area contributed by atoms with Gasteiger partial charge in [0.05, 0.1) is 0 Å². The molecule has 0 bridgehead atoms. The predicted molar refractivity (Wildman–Crippen MR) is 119 cm³/mol. The van der Waals surface area contributed by atoms with Gasteiger partial charge in [-0.3, -0.25) is 0 Å². The average molecular weight is 391 g/mol. The number of hydrogen-bond acceptors (Lipinski definition) is 3. The van der Waals surface area contributed by atoms with Crippen LogP contribution in [-0.4, -0.2) is 15.3 Å². The van der Waals surface area contributed by atoms with Crippen LogP contribution in [0.3, 0.4) is 0 Å². The third kappa shape index (κ3) is 5.11. The monoisotopic (exact) mass is 390 g/mol. The van der Waals surface area contributed by atoms with E-state index in [9.17, 15) is 15.3 Å². The van der Waals surface area contributed by atoms with Crippen LogP contribution in [0, 0.1) is 11.8 Å². The van der Waals surface area contributed by atoms with Crippen LogP contribution in [-0.2, 0) is 0 Å². The first-order valence-electron chi connectivity index (χ1n) is 10.5. The molecule has 0 aromatic heterocycles. The van der Waals surface area contributed by atoms with Crippen molar-refractivity contribution in [1.29, 1.82) is 0 Å². The van der Waals surface area contributed by atoms with Crippen LogP contribution in [0.15, 0.2) is 66.7 Å². The van der Waals surface area contributed by atoms with Gasteiger partial charge in [-0.2, -0.15) is 0 Å². The van der Waals surface area contributed by atoms with Crippen LogP contribution in [0.4, 0.5) is 0 Å². The van der Waals surface area contributed by atoms with E-state index in [0.717, 1.165) is 11.1 Å². The summed E-state index contributed by atoms with van der Waals surface area (Å²) in [6.07, 6.45) is 6.24. The fraction of sp³-hybridized carbons (Fsp3) is 0.308. The van der Waals surface area contributed by atoms with Gasteiger partial charge in [0, 0.05) is 11.1 Å². The van der Waals surface area contributed by atoms with Gasteiger partial charge < -0.3 is 15.3 Å². The van der Waals surface area contributed by atoms with Crippen molar-refractivity contribution in [3.63, 3.8) is 0 Å². The van der Waals surface area contributed by atoms with E-state index in [2.05, 4.69) is 0 Å². The lowest BCUT2D eigenvalue weighted by Crippen LogP contribution is -1.84. The molecule has 3 N–H and O–H groups in total. The summed E-state index contributed by atoms with van der Waals surface area (Å²) in [5.74, 6) is 2.98. The Hall–Kier alpha value is -2.94. The lowest BCUT2D eigenvalue weighted by molar-refractivity contribution is 0.474. The first-order chi connectivity index (χ1) is 14.1. The Morgan fingerprint density at radius 1 is 0.621 bits per heavy atom. The van der Waals surface area contributed by atoms with Crippen molar-refractivity contribution in [3.8, 4) is 39.5 Å². The lowest BCUT2D eigenvalue weighted by atomic mass is 9.97. The fourth-order valence-corrected chi connectivity index (χ4v) is 3.95. The van der Waals surface area contributed by atoms with Gasteiger partial charge >= 0.3 is 0 Å². The molecule has 2 saturated carbocycles. The number of phenolic OH excluding ortho intramolecular Hbond substituents is 3. The summed E-state index contributed by atoms with van der Waals surface area (Å²) in [7, 11) is 0. The van der Waals surface area contributed by atoms with Gasteiger partial charge in [0.15, 0.2) is 0 Å². The van der Waals surface area contributed by atoms with Crippen LogP contribution in [0.25, 0.3) is 22.3 Å². The third-order valence-electron chi connectivity index (χ3n) is 5.61. The van der Waals surface area contributed by atoms with Gasteiger partial charge in [-0.1, -0.05) is 75.6 Å². The highest BCUT2D eigenvalue weighted by Gasteiger charge is 2.40. The zero-order valence-corrected chi connectivity index (χ0v) is 17.2. The van der Waals surface area contributed by atoms with Gasteiger partial charge in [-0.05, 0) is 53.6 Å². The largest absolute Gasteiger partial charge is 0.508 e. The molecule has 0 saturated heterocycles. The SMILES string of the molecule is C1CC2CC2C1.CC.Oc1ccc(-c2cccc(-c3ccc(O)cc3)c2O)cc1. The van der Waals surface area contributed by atoms with Crippen molar-refractivity contribution in [1.82, 2.24) is 0 Å². The maximum atomic E-state index is 10.5. The normalized spacial score (nSPS) is 18.6. The second-order valence-corrected chi connectivity index (χ2v) is 7.48. The Morgan fingerprint density at radius 3 is 1.34 bits per heavy atom. The van der Waals surface area contributed by atoms with E-state index >= 15 is 0 Å². The maximum Gasteiger partial charge on any atom is 0.131 e. The molecule has 2 fully saturated rings. The van der Waals surface area contributed by atoms with Gasteiger partial charge in [0.2, 0.25) is 0 Å². The second-order valence-electron chi connectivity index (χ2n) is 7.48. The van der Waals surface area contributed by atoms with E-state index < -0.39 is 0 Å². The van der Waals surface area contributed by atoms with E-state index in [4.69, 9.17) is 0 Å². The molecule has 0 radical (unpaired) electrons. The van der Waals surface area contributed by atoms with Gasteiger partial charge in [-0.15, -0.1) is 0 Å². The highest BCUT2D eigenvalue weighted by Crippen LogP contribution is 2.51. The molecule has 0 heterocycles. The van der Waals surface area contributed by atoms with Crippen LogP contribution in [0.5, 0.6) is 17.2 Å². The van der Waals surface area contributed by atoms with Gasteiger partial charge in [0.1, 0.15) is 17.2 Å². The van der Waals surface area contributed by atoms with Crippen LogP contribution in [0.1, 0.15) is 39.5 Å². The van der Waals surface area contributed by atoms with E-state index in [0.29, 0.717) is 11.1 Å². The Bertz CT molecular complexity index is 842. The Balaban J connectivity index is 0.000000249. The number of para-hydroxylation sites is 1. The summed E-state index contributed by atoms with van der Waals surface area (Å²) in [6.45, 7) is 4.00. The summed E-state index contributed by atoms with van der Waals surface area (Å²) in [5.41, 5.74) is 3.04. The predicted octanol–water partition coefficient (Wildman–Crippen LogP) is 6.97. The molecule has 0 amide bonds. The minimum atomic E-state index is 0.175. The molecule has 5 rings (SSSR count). The molecule has 3 aromatic rings. The number of rotatable bonds is 2. The quantitative estimate of drug-likeness (QED) is 0.443. The fourth-order valence-electron chi connectivity index (χ4n) is 3.95. The summed E-state index contributed by atoms with van der Waals surface area (Å²) in [4.78, 5) is 0. The summed E-state index contributed by atoms with van der Waals surface area (Å²) in [6, 6.07) is 18.9. The Labute approximate surface area is 173 Å². The zero-order valence-electron chi connectivity index (χ0n) is 17.2. The van der Waals surface area contributed by atoms with Gasteiger partial charge in [-0.25, -0.2) is 0 Å². The first kappa shape index (κ1) is 20.8. The molecule has 2 aliphatic carbocycles. The van der Waals surface area contributed by atoms with Crippen molar-refractivity contribution in [2.45, 2.75) is 39.5 Å². The second kappa shape index (κ2) is 9.51. The summed E-state index contributed by atoms with van der Waals surface area (Å²) >= 11 is 0. The molecule has 3 heteroatoms. The van der Waals surface area contributed by atoms with Crippen molar-refractivity contribution in [2.75, 3.05) is 0 Å². The standard InChI is InChI=1S/C18H14O3.C6H10.C2H6/c19-14-8-4-12(5-9-14)16-2-1-3-17(18(16)21)13-6-10-15(20)11-7-13;1-2-5-4-6(5)3-1;1-2/h1-11,19-21H;5-6H,1-4H2;1-2H3. The molecule has 2 atom stereocenters. The molecule has 0 spiro atoms. The molecule has 0 aliphatic heterocycles. The molecular formula is C26H30O3. The zero-order chi connectivity index (χ0) is 20.8. The van der Waals surface area contributed by atoms with Crippen LogP contribution in [0.2, 0.25) is 0 Å². The molecular weight excluding hydrogens is 360 g/mol. The average Bonchev–Trinajstić information content (AvgIpc) is 3.36. The van der Waals surface area contributed by atoms with E-state index in [1.807, 2.05) is 32.0 Å². The third-order valence-corrected chi connectivity index (χ3v) is 5.61. The lowest BCUT2D eigenvalue weighted by Gasteiger charge is -2.10. The molecule has 3 nitrogen and oxygen atoms in total. The number of hydrogen-bond donors (Lipinski definition) is 3. The highest BCUT2D eigenvalue weighted by atomic mass is 16.3. The van der Waals surface area contributed by atoms with Crippen molar-refractivity contribution >= 4 is 0 Å². The number of fused-ring (bicyclic) bond motifs is 1. The van der Waals surface area contributed by atoms with Crippen molar-refractivity contribution in [2.24, 2.45) is 11.8 Å². The van der Waals surface area contributed by atoms with Crippen LogP contribution >= 0.6 is 0 Å². The molecule has 2 unspecified atom stereocenters. The maximum absolute atomic E-state index is 10.5. The molecule has 152 valence electrons. The number of phenols is 3. The topological polar surface area (TPSA) is 60.7 Å². The van der Waals surface area contributed by atoms with Crippen molar-refractivity contribution < 1.29 is 15.3 Å².